The molecule has 8 heterocycles. The van der Waals surface area contributed by atoms with Gasteiger partial charge in [0.15, 0.2) is 0 Å². The summed E-state index contributed by atoms with van der Waals surface area (Å²) in [6.07, 6.45) is 9.58. The molecule has 6 aromatic rings. The lowest BCUT2D eigenvalue weighted by atomic mass is 9.74. The molecule has 0 amide bonds. The van der Waals surface area contributed by atoms with E-state index >= 15 is 0 Å². The van der Waals surface area contributed by atoms with Gasteiger partial charge in [-0.05, 0) is 61.4 Å². The van der Waals surface area contributed by atoms with Crippen LogP contribution in [0.1, 0.15) is 43.5 Å². The Labute approximate surface area is 300 Å². The number of fused-ring (bicyclic) bond motifs is 2. The van der Waals surface area contributed by atoms with E-state index in [-0.39, 0.29) is 5.54 Å². The molecule has 4 aromatic heterocycles. The Morgan fingerprint density at radius 3 is 1.86 bits per heavy atom. The maximum atomic E-state index is 4.60. The Bertz CT molecular complexity index is 2040. The van der Waals surface area contributed by atoms with Crippen LogP contribution in [-0.2, 0) is 13.1 Å². The molecule has 10 rings (SSSR count). The van der Waals surface area contributed by atoms with Crippen LogP contribution in [0.25, 0.3) is 22.1 Å². The van der Waals surface area contributed by atoms with Gasteiger partial charge in [0.1, 0.15) is 29.8 Å². The molecule has 0 aliphatic carbocycles. The molecule has 264 valence electrons. The molecule has 0 saturated carbocycles. The van der Waals surface area contributed by atoms with Crippen molar-refractivity contribution in [2.45, 2.75) is 57.8 Å². The number of hydrogen-bond donors (Lipinski definition) is 3. The lowest BCUT2D eigenvalue weighted by Crippen LogP contribution is -2.66. The number of nitrogens with zero attached hydrogens (tertiary/aromatic N) is 7. The molecule has 4 aliphatic heterocycles. The van der Waals surface area contributed by atoms with Crippen molar-refractivity contribution in [3.8, 4) is 0 Å². The van der Waals surface area contributed by atoms with E-state index in [2.05, 4.69) is 130 Å². The molecule has 10 nitrogen and oxygen atoms in total. The molecule has 2 aromatic carbocycles. The summed E-state index contributed by atoms with van der Waals surface area (Å²) in [6.45, 7) is 15.9. The Kier molecular flexibility index (Phi) is 9.31. The zero-order valence-corrected chi connectivity index (χ0v) is 30.1. The summed E-state index contributed by atoms with van der Waals surface area (Å²) < 4.78 is 0. The molecule has 51 heavy (non-hydrogen) atoms. The first-order valence-corrected chi connectivity index (χ1v) is 18.5. The van der Waals surface area contributed by atoms with E-state index in [0.717, 1.165) is 71.6 Å². The molecule has 4 fully saturated rings. The number of aryl methyl sites for hydroxylation is 1. The molecule has 0 radical (unpaired) electrons. The second kappa shape index (κ2) is 14.2. The van der Waals surface area contributed by atoms with Crippen molar-refractivity contribution in [2.75, 3.05) is 44.2 Å². The Morgan fingerprint density at radius 1 is 0.686 bits per heavy atom. The molecule has 2 spiro atoms. The lowest BCUT2D eigenvalue weighted by molar-refractivity contribution is -0.0659. The average Bonchev–Trinajstić information content (AvgIpc) is 4.00. The van der Waals surface area contributed by atoms with Crippen molar-refractivity contribution in [1.82, 2.24) is 45.0 Å². The maximum Gasteiger partial charge on any atom is 0.142 e. The number of nitrogens with one attached hydrogen (secondary N) is 3. The zero-order valence-electron chi connectivity index (χ0n) is 30.1. The number of benzene rings is 2. The van der Waals surface area contributed by atoms with Crippen LogP contribution in [0.4, 0.5) is 5.82 Å². The molecule has 4 atom stereocenters. The molecular formula is C41H50N10. The van der Waals surface area contributed by atoms with Crippen molar-refractivity contribution in [3.63, 3.8) is 0 Å². The van der Waals surface area contributed by atoms with E-state index in [9.17, 15) is 0 Å². The number of H-pyrrole nitrogens is 2. The Hall–Kier alpha value is -4.64. The third kappa shape index (κ3) is 6.41. The summed E-state index contributed by atoms with van der Waals surface area (Å²) in [7, 11) is 0. The number of likely N-dealkylation sites (tertiary alicyclic amines) is 2. The van der Waals surface area contributed by atoms with Gasteiger partial charge in [-0.2, -0.15) is 0 Å². The van der Waals surface area contributed by atoms with Crippen LogP contribution in [0.5, 0.6) is 0 Å². The van der Waals surface area contributed by atoms with E-state index in [1.54, 1.807) is 12.7 Å². The highest BCUT2D eigenvalue weighted by Crippen LogP contribution is 2.46. The molecule has 0 bridgehead atoms. The summed E-state index contributed by atoms with van der Waals surface area (Å²) in [5, 5.41) is 5.75. The van der Waals surface area contributed by atoms with Crippen LogP contribution in [0.2, 0.25) is 0 Å². The largest absolute Gasteiger partial charge is 0.354 e. The summed E-state index contributed by atoms with van der Waals surface area (Å²) in [6, 6.07) is 25.7. The normalized spacial score (nSPS) is 25.7. The van der Waals surface area contributed by atoms with Crippen LogP contribution < -0.4 is 10.2 Å². The van der Waals surface area contributed by atoms with Crippen LogP contribution in [0.15, 0.2) is 97.8 Å². The summed E-state index contributed by atoms with van der Waals surface area (Å²) in [4.78, 5) is 31.0. The molecular weight excluding hydrogens is 633 g/mol. The summed E-state index contributed by atoms with van der Waals surface area (Å²) in [5.41, 5.74) is 6.45. The smallest absolute Gasteiger partial charge is 0.142 e. The number of rotatable bonds is 5. The van der Waals surface area contributed by atoms with E-state index in [0.29, 0.717) is 5.54 Å². The minimum absolute atomic E-state index is 0.281. The fourth-order valence-electron chi connectivity index (χ4n) is 8.97. The van der Waals surface area contributed by atoms with Crippen LogP contribution >= 0.6 is 0 Å². The molecule has 4 saturated heterocycles. The monoisotopic (exact) mass is 682 g/mol. The Balaban J connectivity index is 0.000000122. The van der Waals surface area contributed by atoms with Crippen molar-refractivity contribution in [2.24, 2.45) is 11.8 Å². The van der Waals surface area contributed by atoms with E-state index < -0.39 is 0 Å². The van der Waals surface area contributed by atoms with Gasteiger partial charge < -0.3 is 20.2 Å². The van der Waals surface area contributed by atoms with Gasteiger partial charge in [-0.25, -0.2) is 19.9 Å². The number of aromatic nitrogens is 6. The number of anilines is 1. The van der Waals surface area contributed by atoms with Gasteiger partial charge in [0.25, 0.3) is 0 Å². The molecule has 10 heteroatoms. The van der Waals surface area contributed by atoms with Gasteiger partial charge >= 0.3 is 0 Å². The number of hydrogen-bond acceptors (Lipinski definition) is 8. The minimum atomic E-state index is 0.281. The van der Waals surface area contributed by atoms with Crippen molar-refractivity contribution in [3.05, 3.63) is 115 Å². The fourth-order valence-corrected chi connectivity index (χ4v) is 8.97. The predicted octanol–water partition coefficient (Wildman–Crippen LogP) is 6.20. The van der Waals surface area contributed by atoms with Crippen molar-refractivity contribution < 1.29 is 0 Å². The predicted molar refractivity (Wildman–Crippen MR) is 204 cm³/mol. The third-order valence-corrected chi connectivity index (χ3v) is 12.1. The lowest BCUT2D eigenvalue weighted by Gasteiger charge is -2.56. The second-order valence-electron chi connectivity index (χ2n) is 15.0. The first kappa shape index (κ1) is 33.5. The van der Waals surface area contributed by atoms with E-state index in [1.807, 2.05) is 25.4 Å². The highest BCUT2D eigenvalue weighted by molar-refractivity contribution is 5.87. The first-order chi connectivity index (χ1) is 24.9. The van der Waals surface area contributed by atoms with Crippen molar-refractivity contribution >= 4 is 27.9 Å². The molecule has 4 aliphatic rings. The van der Waals surface area contributed by atoms with E-state index in [1.165, 1.54) is 50.1 Å². The van der Waals surface area contributed by atoms with Crippen LogP contribution in [-0.4, -0.2) is 90.1 Å². The van der Waals surface area contributed by atoms with Crippen LogP contribution in [0, 0.1) is 18.8 Å². The number of aromatic amines is 2. The first-order valence-electron chi connectivity index (χ1n) is 18.5. The topological polar surface area (TPSA) is 105 Å². The standard InChI is InChI=1S/C20H23N5.C14H20N2.C7H7N3/c1-15-11-25(12-16-5-3-2-4-6-16)20(15)8-10-24(13-20)19-17-7-9-21-18(17)22-14-23-19;1-12-9-16(14(12)7-8-15-11-14)10-13-5-3-2-4-6-13;1-5-6-2-3-8-7(6)10-4-9-5/h2-7,9,14-15H,8,10-13H2,1H3,(H,21,22,23);2-6,12,15H,7-11H2,1H3;2-4H,1H3,(H,8,9,10)/t15-,20-;12-,14-;/m00./s1. The summed E-state index contributed by atoms with van der Waals surface area (Å²) in [5.74, 6) is 2.65. The minimum Gasteiger partial charge on any atom is -0.354 e. The van der Waals surface area contributed by atoms with Crippen LogP contribution in [0.3, 0.4) is 0 Å². The summed E-state index contributed by atoms with van der Waals surface area (Å²) >= 11 is 0. The van der Waals surface area contributed by atoms with Crippen molar-refractivity contribution in [1.29, 1.82) is 0 Å². The highest BCUT2D eigenvalue weighted by atomic mass is 15.4. The quantitative estimate of drug-likeness (QED) is 0.198. The van der Waals surface area contributed by atoms with Gasteiger partial charge in [-0.1, -0.05) is 74.5 Å². The fraction of sp³-hybridized carbons (Fsp3) is 0.415. The zero-order chi connectivity index (χ0) is 34.8. The molecule has 3 N–H and O–H groups in total. The van der Waals surface area contributed by atoms with Gasteiger partial charge in [0, 0.05) is 74.7 Å². The Morgan fingerprint density at radius 2 is 1.27 bits per heavy atom. The van der Waals surface area contributed by atoms with Gasteiger partial charge in [0.05, 0.1) is 11.1 Å². The van der Waals surface area contributed by atoms with Gasteiger partial charge in [0.2, 0.25) is 0 Å². The second-order valence-corrected chi connectivity index (χ2v) is 15.0. The highest BCUT2D eigenvalue weighted by Gasteiger charge is 2.54. The SMILES string of the molecule is C[C@H]1CN(Cc2ccccc2)[C@]12CCN(c1ncnc3[nH]ccc13)C2.C[C@H]1CN(Cc2ccccc2)[C@]12CCNC2.Cc1ncnc2[nH]ccc12. The average molecular weight is 683 g/mol. The van der Waals surface area contributed by atoms with Gasteiger partial charge in [-0.15, -0.1) is 0 Å². The van der Waals surface area contributed by atoms with E-state index in [4.69, 9.17) is 0 Å². The third-order valence-electron chi connectivity index (χ3n) is 12.1. The maximum absolute atomic E-state index is 4.60. The molecule has 0 unspecified atom stereocenters. The van der Waals surface area contributed by atoms with Gasteiger partial charge in [-0.3, -0.25) is 9.80 Å².